The summed E-state index contributed by atoms with van der Waals surface area (Å²) in [5.74, 6) is 1.13. The van der Waals surface area contributed by atoms with Gasteiger partial charge in [0.2, 0.25) is 5.91 Å². The second kappa shape index (κ2) is 8.15. The molecular formula is C23H28N2O4. The fourth-order valence-corrected chi connectivity index (χ4v) is 3.20. The predicted octanol–water partition coefficient (Wildman–Crippen LogP) is 4.50. The van der Waals surface area contributed by atoms with Crippen LogP contribution in [0.25, 0.3) is 0 Å². The summed E-state index contributed by atoms with van der Waals surface area (Å²) in [6.07, 6.45) is 0.0747. The number of anilines is 2. The zero-order chi connectivity index (χ0) is 21.2. The van der Waals surface area contributed by atoms with Gasteiger partial charge in [0.1, 0.15) is 18.1 Å². The number of carbonyl (C=O) groups is 2. The number of nitrogens with zero attached hydrogens (tertiary/aromatic N) is 1. The van der Waals surface area contributed by atoms with Crippen LogP contribution in [-0.2, 0) is 4.79 Å². The van der Waals surface area contributed by atoms with Crippen LogP contribution in [0.3, 0.4) is 0 Å². The highest BCUT2D eigenvalue weighted by Crippen LogP contribution is 2.38. The Morgan fingerprint density at radius 2 is 1.90 bits per heavy atom. The normalized spacial score (nSPS) is 15.4. The van der Waals surface area contributed by atoms with Gasteiger partial charge in [-0.1, -0.05) is 0 Å². The fraction of sp³-hybridized carbons (Fsp3) is 0.391. The summed E-state index contributed by atoms with van der Waals surface area (Å²) in [5, 5.41) is 2.90. The average molecular weight is 396 g/mol. The maximum absolute atomic E-state index is 12.9. The fourth-order valence-electron chi connectivity index (χ4n) is 3.20. The molecule has 2 amide bonds. The lowest BCUT2D eigenvalue weighted by molar-refractivity contribution is -0.127. The molecule has 0 fully saturated rings. The molecule has 0 saturated carbocycles. The monoisotopic (exact) mass is 396 g/mol. The molecule has 1 heterocycles. The third kappa shape index (κ3) is 4.53. The van der Waals surface area contributed by atoms with E-state index in [4.69, 9.17) is 9.47 Å². The Morgan fingerprint density at radius 1 is 1.21 bits per heavy atom. The molecule has 2 aromatic carbocycles. The van der Waals surface area contributed by atoms with Crippen molar-refractivity contribution in [2.75, 3.05) is 23.4 Å². The zero-order valence-electron chi connectivity index (χ0n) is 17.6. The average Bonchev–Trinajstić information content (AvgIpc) is 2.76. The first-order chi connectivity index (χ1) is 13.7. The van der Waals surface area contributed by atoms with Crippen LogP contribution in [0.2, 0.25) is 0 Å². The molecule has 0 spiro atoms. The lowest BCUT2D eigenvalue weighted by Gasteiger charge is -2.27. The minimum absolute atomic E-state index is 0.00275. The molecule has 0 aromatic heterocycles. The molecule has 0 saturated heterocycles. The largest absolute Gasteiger partial charge is 0.491 e. The highest BCUT2D eigenvalue weighted by Gasteiger charge is 2.37. The van der Waals surface area contributed by atoms with Crippen molar-refractivity contribution in [3.63, 3.8) is 0 Å². The van der Waals surface area contributed by atoms with Crippen molar-refractivity contribution in [3.05, 3.63) is 48.0 Å². The van der Waals surface area contributed by atoms with Crippen molar-refractivity contribution in [1.29, 1.82) is 0 Å². The van der Waals surface area contributed by atoms with E-state index in [1.54, 1.807) is 47.4 Å². The smallest absolute Gasteiger partial charge is 0.255 e. The van der Waals surface area contributed by atoms with E-state index in [9.17, 15) is 9.59 Å². The van der Waals surface area contributed by atoms with E-state index in [0.29, 0.717) is 35.8 Å². The Bertz CT molecular complexity index is 904. The first-order valence-electron chi connectivity index (χ1n) is 9.88. The van der Waals surface area contributed by atoms with Crippen molar-refractivity contribution >= 4 is 23.2 Å². The molecule has 2 aromatic rings. The van der Waals surface area contributed by atoms with Crippen LogP contribution >= 0.6 is 0 Å². The van der Waals surface area contributed by atoms with Gasteiger partial charge in [-0.2, -0.15) is 0 Å². The lowest BCUT2D eigenvalue weighted by atomic mass is 9.93. The maximum Gasteiger partial charge on any atom is 0.255 e. The summed E-state index contributed by atoms with van der Waals surface area (Å²) < 4.78 is 11.5. The third-order valence-corrected chi connectivity index (χ3v) is 4.72. The van der Waals surface area contributed by atoms with E-state index in [1.807, 2.05) is 34.6 Å². The Hall–Kier alpha value is -3.02. The van der Waals surface area contributed by atoms with Crippen LogP contribution in [0.15, 0.2) is 42.5 Å². The van der Waals surface area contributed by atoms with E-state index < -0.39 is 5.41 Å². The molecule has 1 N–H and O–H groups in total. The van der Waals surface area contributed by atoms with Gasteiger partial charge in [0.05, 0.1) is 17.2 Å². The molecule has 0 aliphatic carbocycles. The number of nitrogens with one attached hydrogen (secondary N) is 1. The molecule has 0 bridgehead atoms. The van der Waals surface area contributed by atoms with Crippen LogP contribution in [0.5, 0.6) is 11.5 Å². The van der Waals surface area contributed by atoms with Gasteiger partial charge in [0, 0.05) is 17.8 Å². The molecular weight excluding hydrogens is 368 g/mol. The minimum Gasteiger partial charge on any atom is -0.491 e. The van der Waals surface area contributed by atoms with Crippen molar-refractivity contribution in [2.24, 2.45) is 5.41 Å². The summed E-state index contributed by atoms with van der Waals surface area (Å²) in [6.45, 7) is 10.4. The number of benzene rings is 2. The summed E-state index contributed by atoms with van der Waals surface area (Å²) in [6, 6.07) is 12.4. The molecule has 6 nitrogen and oxygen atoms in total. The van der Waals surface area contributed by atoms with Crippen molar-refractivity contribution in [2.45, 2.75) is 40.7 Å². The number of hydrogen-bond donors (Lipinski definition) is 1. The number of carbonyl (C=O) groups excluding carboxylic acids is 2. The predicted molar refractivity (Wildman–Crippen MR) is 114 cm³/mol. The van der Waals surface area contributed by atoms with E-state index >= 15 is 0 Å². The lowest BCUT2D eigenvalue weighted by Crippen LogP contribution is -2.42. The number of rotatable bonds is 5. The Kier molecular flexibility index (Phi) is 5.82. The Balaban J connectivity index is 1.81. The SMILES string of the molecule is CCN1C(=O)C(C)(C)COc2ccc(NC(=O)c3ccc(OC(C)C)cc3)cc21. The summed E-state index contributed by atoms with van der Waals surface area (Å²) >= 11 is 0. The molecule has 6 heteroatoms. The molecule has 0 radical (unpaired) electrons. The molecule has 29 heavy (non-hydrogen) atoms. The van der Waals surface area contributed by atoms with E-state index in [2.05, 4.69) is 5.32 Å². The molecule has 0 unspecified atom stereocenters. The number of hydrogen-bond acceptors (Lipinski definition) is 4. The van der Waals surface area contributed by atoms with E-state index in [0.717, 1.165) is 5.75 Å². The van der Waals surface area contributed by atoms with Crippen molar-refractivity contribution in [3.8, 4) is 11.5 Å². The van der Waals surface area contributed by atoms with Crippen LogP contribution in [-0.4, -0.2) is 31.1 Å². The second-order valence-electron chi connectivity index (χ2n) is 8.05. The van der Waals surface area contributed by atoms with Gasteiger partial charge in [-0.15, -0.1) is 0 Å². The Labute approximate surface area is 171 Å². The highest BCUT2D eigenvalue weighted by atomic mass is 16.5. The van der Waals surface area contributed by atoms with Crippen molar-refractivity contribution in [1.82, 2.24) is 0 Å². The molecule has 3 rings (SSSR count). The summed E-state index contributed by atoms with van der Waals surface area (Å²) in [5.41, 5.74) is 1.18. The van der Waals surface area contributed by atoms with Gasteiger partial charge in [0.15, 0.2) is 0 Å². The highest BCUT2D eigenvalue weighted by molar-refractivity contribution is 6.05. The number of amides is 2. The summed E-state index contributed by atoms with van der Waals surface area (Å²) in [7, 11) is 0. The van der Waals surface area contributed by atoms with Gasteiger partial charge in [0.25, 0.3) is 5.91 Å². The molecule has 154 valence electrons. The van der Waals surface area contributed by atoms with E-state index in [-0.39, 0.29) is 17.9 Å². The van der Waals surface area contributed by atoms with Crippen LogP contribution in [0.1, 0.15) is 45.0 Å². The van der Waals surface area contributed by atoms with Crippen molar-refractivity contribution < 1.29 is 19.1 Å². The third-order valence-electron chi connectivity index (χ3n) is 4.72. The van der Waals surface area contributed by atoms with Crippen LogP contribution in [0, 0.1) is 5.41 Å². The maximum atomic E-state index is 12.9. The minimum atomic E-state index is -0.613. The van der Waals surface area contributed by atoms with Gasteiger partial charge in [-0.05, 0) is 77.1 Å². The first-order valence-corrected chi connectivity index (χ1v) is 9.88. The summed E-state index contributed by atoms with van der Waals surface area (Å²) in [4.78, 5) is 27.2. The van der Waals surface area contributed by atoms with Gasteiger partial charge in [-0.3, -0.25) is 9.59 Å². The van der Waals surface area contributed by atoms with Gasteiger partial charge in [-0.25, -0.2) is 0 Å². The van der Waals surface area contributed by atoms with Gasteiger partial charge < -0.3 is 19.7 Å². The molecule has 1 aliphatic rings. The van der Waals surface area contributed by atoms with Crippen LogP contribution in [0.4, 0.5) is 11.4 Å². The number of ether oxygens (including phenoxy) is 2. The molecule has 1 aliphatic heterocycles. The quantitative estimate of drug-likeness (QED) is 0.808. The standard InChI is InChI=1S/C23H28N2O4/c1-6-25-19-13-17(9-12-20(19)28-14-23(4,5)22(25)27)24-21(26)16-7-10-18(11-8-16)29-15(2)3/h7-13,15H,6,14H2,1-5H3,(H,24,26). The van der Waals surface area contributed by atoms with E-state index in [1.165, 1.54) is 0 Å². The second-order valence-corrected chi connectivity index (χ2v) is 8.05. The number of fused-ring (bicyclic) bond motifs is 1. The Morgan fingerprint density at radius 3 is 2.52 bits per heavy atom. The zero-order valence-corrected chi connectivity index (χ0v) is 17.6. The topological polar surface area (TPSA) is 67.9 Å². The van der Waals surface area contributed by atoms with Gasteiger partial charge >= 0.3 is 0 Å². The first kappa shape index (κ1) is 20.7. The van der Waals surface area contributed by atoms with Crippen LogP contribution < -0.4 is 19.7 Å². The molecule has 0 atom stereocenters.